The second-order valence-electron chi connectivity index (χ2n) is 7.67. The smallest absolute Gasteiger partial charge is 0.119 e. The van der Waals surface area contributed by atoms with Crippen LogP contribution >= 0.6 is 0 Å². The third-order valence-electron chi connectivity index (χ3n) is 4.99. The summed E-state index contributed by atoms with van der Waals surface area (Å²) in [6.45, 7) is 12.4. The van der Waals surface area contributed by atoms with Crippen molar-refractivity contribution >= 4 is 12.7 Å². The summed E-state index contributed by atoms with van der Waals surface area (Å²) in [6.07, 6.45) is 5.45. The normalized spacial score (nSPS) is 11.8. The topological polar surface area (TPSA) is 20.2 Å². The minimum Gasteiger partial charge on any atom is -0.508 e. The lowest BCUT2D eigenvalue weighted by atomic mass is 9.91. The molecule has 28 heavy (non-hydrogen) atoms. The van der Waals surface area contributed by atoms with Crippen LogP contribution in [0.3, 0.4) is 0 Å². The van der Waals surface area contributed by atoms with E-state index in [0.717, 1.165) is 33.5 Å². The van der Waals surface area contributed by atoms with Crippen molar-refractivity contribution in [2.45, 2.75) is 26.7 Å². The van der Waals surface area contributed by atoms with Crippen LogP contribution < -0.4 is 10.4 Å². The Kier molecular flexibility index (Phi) is 6.16. The van der Waals surface area contributed by atoms with Gasteiger partial charge in [0.25, 0.3) is 0 Å². The monoisotopic (exact) mass is 368 g/mol. The van der Waals surface area contributed by atoms with Crippen LogP contribution in [0.2, 0.25) is 0 Å². The zero-order valence-electron chi connectivity index (χ0n) is 16.8. The Bertz CT molecular complexity index is 1090. The molecular formula is C27H28O. The molecule has 0 atom stereocenters. The average Bonchev–Trinajstić information content (AvgIpc) is 2.66. The molecule has 0 bridgehead atoms. The van der Waals surface area contributed by atoms with Gasteiger partial charge in [0, 0.05) is 6.42 Å². The number of rotatable bonds is 6. The fourth-order valence-corrected chi connectivity index (χ4v) is 3.67. The fourth-order valence-electron chi connectivity index (χ4n) is 3.67. The van der Waals surface area contributed by atoms with Crippen molar-refractivity contribution in [1.29, 1.82) is 0 Å². The molecule has 3 rings (SSSR count). The van der Waals surface area contributed by atoms with E-state index in [1.807, 2.05) is 30.3 Å². The maximum atomic E-state index is 10.5. The highest BCUT2D eigenvalue weighted by Gasteiger charge is 2.10. The van der Waals surface area contributed by atoms with Crippen LogP contribution in [-0.2, 0) is 12.8 Å². The van der Waals surface area contributed by atoms with Gasteiger partial charge in [0.05, 0.1) is 0 Å². The van der Waals surface area contributed by atoms with Crippen LogP contribution in [0.4, 0.5) is 0 Å². The number of hydrogen-bond acceptors (Lipinski definition) is 1. The highest BCUT2D eigenvalue weighted by Crippen LogP contribution is 2.30. The lowest BCUT2D eigenvalue weighted by Gasteiger charge is -2.14. The summed E-state index contributed by atoms with van der Waals surface area (Å²) in [5.41, 5.74) is 5.77. The van der Waals surface area contributed by atoms with Gasteiger partial charge in [0.1, 0.15) is 5.75 Å². The van der Waals surface area contributed by atoms with Gasteiger partial charge in [-0.05, 0) is 62.7 Å². The summed E-state index contributed by atoms with van der Waals surface area (Å²) >= 11 is 0. The molecule has 3 aromatic rings. The average molecular weight is 369 g/mol. The highest BCUT2D eigenvalue weighted by atomic mass is 16.3. The maximum Gasteiger partial charge on any atom is 0.119 e. The first-order valence-electron chi connectivity index (χ1n) is 9.79. The summed E-state index contributed by atoms with van der Waals surface area (Å²) in [4.78, 5) is 0. The first-order valence-corrected chi connectivity index (χ1v) is 9.79. The Hall–Kier alpha value is -3.06. The molecule has 0 heterocycles. The van der Waals surface area contributed by atoms with E-state index < -0.39 is 0 Å². The van der Waals surface area contributed by atoms with Gasteiger partial charge >= 0.3 is 0 Å². The number of hydrogen-bond donors (Lipinski definition) is 1. The van der Waals surface area contributed by atoms with Crippen LogP contribution in [0, 0.1) is 5.92 Å². The third-order valence-corrected chi connectivity index (χ3v) is 4.99. The van der Waals surface area contributed by atoms with E-state index in [2.05, 4.69) is 63.4 Å². The van der Waals surface area contributed by atoms with Crippen molar-refractivity contribution in [3.63, 3.8) is 0 Å². The molecule has 0 amide bonds. The Balaban J connectivity index is 2.06. The summed E-state index contributed by atoms with van der Waals surface area (Å²) in [5, 5.41) is 12.5. The molecule has 0 spiro atoms. The fraction of sp³-hybridized carbons (Fsp3) is 0.185. The SMILES string of the molecule is C=C/C=c1/c(Cc2cc(-c3ccccc3CC(C)C)ccc2O)cccc1=C. The summed E-state index contributed by atoms with van der Waals surface area (Å²) in [5.74, 6) is 0.915. The Morgan fingerprint density at radius 2 is 1.68 bits per heavy atom. The van der Waals surface area contributed by atoms with Crippen molar-refractivity contribution in [2.75, 3.05) is 0 Å². The zero-order chi connectivity index (χ0) is 20.1. The number of benzene rings is 3. The van der Waals surface area contributed by atoms with Gasteiger partial charge in [0.15, 0.2) is 0 Å². The first kappa shape index (κ1) is 19.7. The lowest BCUT2D eigenvalue weighted by Crippen LogP contribution is -2.26. The highest BCUT2D eigenvalue weighted by molar-refractivity contribution is 5.69. The molecule has 0 fully saturated rings. The minimum absolute atomic E-state index is 0.323. The van der Waals surface area contributed by atoms with Crippen LogP contribution in [0.15, 0.2) is 73.3 Å². The molecule has 1 nitrogen and oxygen atoms in total. The van der Waals surface area contributed by atoms with E-state index in [-0.39, 0.29) is 0 Å². The molecule has 0 saturated heterocycles. The summed E-state index contributed by atoms with van der Waals surface area (Å²) < 4.78 is 0. The van der Waals surface area contributed by atoms with Crippen molar-refractivity contribution in [2.24, 2.45) is 5.92 Å². The van der Waals surface area contributed by atoms with Gasteiger partial charge in [-0.25, -0.2) is 0 Å². The lowest BCUT2D eigenvalue weighted by molar-refractivity contribution is 0.469. The van der Waals surface area contributed by atoms with E-state index in [1.165, 1.54) is 11.1 Å². The number of phenolic OH excluding ortho intramolecular Hbond substituents is 1. The number of phenols is 1. The summed E-state index contributed by atoms with van der Waals surface area (Å²) in [6, 6.07) is 20.6. The van der Waals surface area contributed by atoms with Crippen LogP contribution in [0.5, 0.6) is 5.75 Å². The molecule has 3 aromatic carbocycles. The molecular weight excluding hydrogens is 340 g/mol. The molecule has 1 heteroatoms. The Morgan fingerprint density at radius 3 is 2.43 bits per heavy atom. The second-order valence-corrected chi connectivity index (χ2v) is 7.67. The van der Waals surface area contributed by atoms with E-state index in [9.17, 15) is 5.11 Å². The molecule has 0 unspecified atom stereocenters. The zero-order valence-corrected chi connectivity index (χ0v) is 16.8. The second kappa shape index (κ2) is 8.75. The molecule has 0 aliphatic heterocycles. The van der Waals surface area contributed by atoms with Gasteiger partial charge in [-0.2, -0.15) is 0 Å². The largest absolute Gasteiger partial charge is 0.508 e. The van der Waals surface area contributed by atoms with Crippen molar-refractivity contribution in [3.8, 4) is 16.9 Å². The number of aromatic hydroxyl groups is 1. The molecule has 0 radical (unpaired) electrons. The minimum atomic E-state index is 0.323. The first-order chi connectivity index (χ1) is 13.5. The van der Waals surface area contributed by atoms with Crippen LogP contribution in [0.1, 0.15) is 30.5 Å². The quantitative estimate of drug-likeness (QED) is 0.632. The van der Waals surface area contributed by atoms with Gasteiger partial charge < -0.3 is 5.11 Å². The number of allylic oxidation sites excluding steroid dienone is 1. The maximum absolute atomic E-state index is 10.5. The molecule has 0 aliphatic carbocycles. The standard InChI is InChI=1S/C27H28O/c1-5-9-25-20(4)10-8-12-22(25)17-24-18-23(14-15-27(24)28)26-13-7-6-11-21(26)16-19(2)3/h5-15,18-19,28H,1,4,16-17H2,2-3H3/b25-9+. The predicted octanol–water partition coefficient (Wildman–Crippen LogP) is 5.23. The molecule has 0 saturated carbocycles. The van der Waals surface area contributed by atoms with Crippen molar-refractivity contribution < 1.29 is 5.11 Å². The van der Waals surface area contributed by atoms with Crippen molar-refractivity contribution in [3.05, 3.63) is 100 Å². The Labute approximate surface area is 168 Å². The molecule has 0 aliphatic rings. The molecule has 0 aromatic heterocycles. The van der Waals surface area contributed by atoms with E-state index >= 15 is 0 Å². The van der Waals surface area contributed by atoms with Gasteiger partial charge in [0.2, 0.25) is 0 Å². The van der Waals surface area contributed by atoms with Crippen LogP contribution in [0.25, 0.3) is 23.8 Å². The predicted molar refractivity (Wildman–Crippen MR) is 121 cm³/mol. The third kappa shape index (κ3) is 4.43. The van der Waals surface area contributed by atoms with Crippen LogP contribution in [-0.4, -0.2) is 5.11 Å². The Morgan fingerprint density at radius 1 is 0.929 bits per heavy atom. The van der Waals surface area contributed by atoms with E-state index in [1.54, 1.807) is 6.08 Å². The van der Waals surface area contributed by atoms with E-state index in [0.29, 0.717) is 18.1 Å². The van der Waals surface area contributed by atoms with Gasteiger partial charge in [-0.3, -0.25) is 0 Å². The van der Waals surface area contributed by atoms with Gasteiger partial charge in [-0.15, -0.1) is 0 Å². The van der Waals surface area contributed by atoms with E-state index in [4.69, 9.17) is 0 Å². The van der Waals surface area contributed by atoms with Crippen molar-refractivity contribution in [1.82, 2.24) is 0 Å². The molecule has 1 N–H and O–H groups in total. The van der Waals surface area contributed by atoms with Gasteiger partial charge in [-0.1, -0.05) is 87.7 Å². The molecule has 142 valence electrons. The summed E-state index contributed by atoms with van der Waals surface area (Å²) in [7, 11) is 0.